The molecule has 0 saturated carbocycles. The minimum absolute atomic E-state index is 0.100. The summed E-state index contributed by atoms with van der Waals surface area (Å²) in [6.45, 7) is 0.100. The van der Waals surface area contributed by atoms with E-state index in [0.717, 1.165) is 10.1 Å². The maximum Gasteiger partial charge on any atom is 0.263 e. The first-order valence-corrected chi connectivity index (χ1v) is 11.5. The average molecular weight is 465 g/mol. The van der Waals surface area contributed by atoms with Gasteiger partial charge < -0.3 is 4.74 Å². The van der Waals surface area contributed by atoms with Crippen LogP contribution in [0.15, 0.2) is 89.2 Å². The second kappa shape index (κ2) is 8.89. The summed E-state index contributed by atoms with van der Waals surface area (Å²) in [4.78, 5) is 29.2. The van der Waals surface area contributed by atoms with Crippen LogP contribution in [0.25, 0.3) is 26.7 Å². The molecule has 0 spiro atoms. The standard InChI is InChI=1S/C28H20N2O3S/c1-3-14-29(21-9-5-4-6-10-21)28(32)24-18-23(20-8-7-11-22(17-20)33-2)27(31)30-15-12-19-13-16-34-26(19)25(24)30/h1,4-13,15-18H,14H2,2H3. The highest BCUT2D eigenvalue weighted by Gasteiger charge is 2.24. The van der Waals surface area contributed by atoms with Gasteiger partial charge in [-0.25, -0.2) is 0 Å². The third kappa shape index (κ3) is 3.62. The number of hydrogen-bond acceptors (Lipinski definition) is 4. The van der Waals surface area contributed by atoms with Gasteiger partial charge >= 0.3 is 0 Å². The summed E-state index contributed by atoms with van der Waals surface area (Å²) in [7, 11) is 1.58. The van der Waals surface area contributed by atoms with Crippen LogP contribution >= 0.6 is 11.3 Å². The zero-order valence-electron chi connectivity index (χ0n) is 18.4. The summed E-state index contributed by atoms with van der Waals surface area (Å²) in [5, 5.41) is 2.92. The van der Waals surface area contributed by atoms with Crippen molar-refractivity contribution in [1.29, 1.82) is 0 Å². The highest BCUT2D eigenvalue weighted by molar-refractivity contribution is 7.18. The molecular weight excluding hydrogens is 444 g/mol. The quantitative estimate of drug-likeness (QED) is 0.324. The van der Waals surface area contributed by atoms with Gasteiger partial charge in [0.1, 0.15) is 5.75 Å². The van der Waals surface area contributed by atoms with Crippen molar-refractivity contribution in [2.24, 2.45) is 0 Å². The number of ether oxygens (including phenoxy) is 1. The number of hydrogen-bond donors (Lipinski definition) is 0. The van der Waals surface area contributed by atoms with Crippen LogP contribution in [0.1, 0.15) is 10.4 Å². The number of pyridine rings is 2. The fraction of sp³-hybridized carbons (Fsp3) is 0.0714. The number of fused-ring (bicyclic) bond motifs is 3. The lowest BCUT2D eigenvalue weighted by Crippen LogP contribution is -2.32. The smallest absolute Gasteiger partial charge is 0.263 e. The zero-order valence-corrected chi connectivity index (χ0v) is 19.2. The molecule has 5 nitrogen and oxygen atoms in total. The first-order valence-electron chi connectivity index (χ1n) is 10.6. The molecule has 0 aliphatic heterocycles. The van der Waals surface area contributed by atoms with Crippen molar-refractivity contribution in [2.45, 2.75) is 0 Å². The van der Waals surface area contributed by atoms with Crippen molar-refractivity contribution in [3.8, 4) is 29.2 Å². The molecule has 3 aromatic heterocycles. The maximum absolute atomic E-state index is 14.0. The Labute approximate surface area is 200 Å². The Morgan fingerprint density at radius 2 is 1.91 bits per heavy atom. The van der Waals surface area contributed by atoms with Gasteiger partial charge in [-0.15, -0.1) is 17.8 Å². The van der Waals surface area contributed by atoms with Gasteiger partial charge in [-0.3, -0.25) is 18.9 Å². The lowest BCUT2D eigenvalue weighted by molar-refractivity contribution is 0.0991. The van der Waals surface area contributed by atoms with E-state index in [1.807, 2.05) is 66.0 Å². The van der Waals surface area contributed by atoms with Crippen LogP contribution in [0, 0.1) is 12.3 Å². The molecule has 0 N–H and O–H groups in total. The summed E-state index contributed by atoms with van der Waals surface area (Å²) in [5.41, 5.74) is 2.54. The SMILES string of the molecule is C#CCN(C(=O)c1cc(-c2cccc(OC)c2)c(=O)n2ccc3ccsc3c12)c1ccccc1. The molecule has 3 heterocycles. The summed E-state index contributed by atoms with van der Waals surface area (Å²) < 4.78 is 7.78. The molecule has 34 heavy (non-hydrogen) atoms. The number of methoxy groups -OCH3 is 1. The highest BCUT2D eigenvalue weighted by atomic mass is 32.1. The van der Waals surface area contributed by atoms with E-state index < -0.39 is 0 Å². The summed E-state index contributed by atoms with van der Waals surface area (Å²) in [6.07, 6.45) is 7.36. The Morgan fingerprint density at radius 3 is 2.68 bits per heavy atom. The van der Waals surface area contributed by atoms with Crippen LogP contribution in [0.3, 0.4) is 0 Å². The summed E-state index contributed by atoms with van der Waals surface area (Å²) in [6, 6.07) is 22.1. The number of para-hydroxylation sites is 1. The van der Waals surface area contributed by atoms with E-state index in [0.29, 0.717) is 33.6 Å². The Balaban J connectivity index is 1.82. The summed E-state index contributed by atoms with van der Waals surface area (Å²) >= 11 is 1.49. The minimum Gasteiger partial charge on any atom is -0.497 e. The predicted octanol–water partition coefficient (Wildman–Crippen LogP) is 5.47. The fourth-order valence-corrected chi connectivity index (χ4v) is 5.04. The molecule has 0 fully saturated rings. The number of terminal acetylenes is 1. The van der Waals surface area contributed by atoms with Crippen LogP contribution in [0.2, 0.25) is 0 Å². The van der Waals surface area contributed by atoms with Crippen molar-refractivity contribution in [3.05, 3.63) is 100 Å². The van der Waals surface area contributed by atoms with Crippen LogP contribution in [-0.4, -0.2) is 24.0 Å². The van der Waals surface area contributed by atoms with E-state index in [9.17, 15) is 9.59 Å². The number of amides is 1. The van der Waals surface area contributed by atoms with Crippen molar-refractivity contribution < 1.29 is 9.53 Å². The molecule has 0 bridgehead atoms. The largest absolute Gasteiger partial charge is 0.497 e. The molecule has 0 radical (unpaired) electrons. The summed E-state index contributed by atoms with van der Waals surface area (Å²) in [5.74, 6) is 2.95. The van der Waals surface area contributed by atoms with Crippen LogP contribution in [0.4, 0.5) is 5.69 Å². The highest BCUT2D eigenvalue weighted by Crippen LogP contribution is 2.31. The Hall–Kier alpha value is -4.34. The van der Waals surface area contributed by atoms with Gasteiger partial charge in [-0.05, 0) is 58.8 Å². The second-order valence-corrected chi connectivity index (χ2v) is 8.60. The van der Waals surface area contributed by atoms with Crippen LogP contribution in [0.5, 0.6) is 5.75 Å². The molecule has 1 amide bonds. The van der Waals surface area contributed by atoms with Gasteiger partial charge in [0.15, 0.2) is 0 Å². The minimum atomic E-state index is -0.272. The fourth-order valence-electron chi connectivity index (χ4n) is 4.09. The van der Waals surface area contributed by atoms with Gasteiger partial charge in [-0.1, -0.05) is 36.3 Å². The normalized spacial score (nSPS) is 10.8. The molecule has 0 saturated heterocycles. The number of anilines is 1. The lowest BCUT2D eigenvalue weighted by Gasteiger charge is -2.22. The van der Waals surface area contributed by atoms with E-state index in [-0.39, 0.29) is 18.0 Å². The molecule has 2 aromatic carbocycles. The monoisotopic (exact) mass is 464 g/mol. The molecule has 6 heteroatoms. The van der Waals surface area contributed by atoms with E-state index in [1.54, 1.807) is 34.7 Å². The average Bonchev–Trinajstić information content (AvgIpc) is 3.37. The van der Waals surface area contributed by atoms with E-state index >= 15 is 0 Å². The molecular formula is C28H20N2O3S. The molecule has 5 rings (SSSR count). The lowest BCUT2D eigenvalue weighted by atomic mass is 10.0. The number of thiophene rings is 1. The number of rotatable bonds is 5. The number of nitrogens with zero attached hydrogens (tertiary/aromatic N) is 2. The van der Waals surface area contributed by atoms with E-state index in [4.69, 9.17) is 11.2 Å². The van der Waals surface area contributed by atoms with E-state index in [2.05, 4.69) is 5.92 Å². The van der Waals surface area contributed by atoms with Crippen molar-refractivity contribution in [1.82, 2.24) is 4.40 Å². The van der Waals surface area contributed by atoms with Gasteiger partial charge in [0.2, 0.25) is 0 Å². The Morgan fingerprint density at radius 1 is 1.09 bits per heavy atom. The van der Waals surface area contributed by atoms with Crippen molar-refractivity contribution in [2.75, 3.05) is 18.6 Å². The van der Waals surface area contributed by atoms with E-state index in [1.165, 1.54) is 11.3 Å². The molecule has 5 aromatic rings. The third-order valence-electron chi connectivity index (χ3n) is 5.72. The van der Waals surface area contributed by atoms with Crippen molar-refractivity contribution >= 4 is 38.5 Å². The topological polar surface area (TPSA) is 51.0 Å². The first kappa shape index (κ1) is 21.5. The van der Waals surface area contributed by atoms with Gasteiger partial charge in [0.05, 0.1) is 29.4 Å². The molecule has 166 valence electrons. The molecule has 0 unspecified atom stereocenters. The number of benzene rings is 2. The predicted molar refractivity (Wildman–Crippen MR) is 138 cm³/mol. The van der Waals surface area contributed by atoms with Gasteiger partial charge in [-0.2, -0.15) is 0 Å². The van der Waals surface area contributed by atoms with Gasteiger partial charge in [0, 0.05) is 17.4 Å². The number of aromatic nitrogens is 1. The first-order chi connectivity index (χ1) is 16.6. The van der Waals surface area contributed by atoms with Crippen LogP contribution < -0.4 is 15.2 Å². The second-order valence-electron chi connectivity index (χ2n) is 7.68. The molecule has 0 aliphatic carbocycles. The van der Waals surface area contributed by atoms with Crippen LogP contribution in [-0.2, 0) is 0 Å². The zero-order chi connectivity index (χ0) is 23.7. The van der Waals surface area contributed by atoms with Gasteiger partial charge in [0.25, 0.3) is 11.5 Å². The Bertz CT molecular complexity index is 1630. The molecule has 0 aliphatic rings. The number of carbonyl (C=O) groups is 1. The third-order valence-corrected chi connectivity index (χ3v) is 6.66. The Kier molecular flexibility index (Phi) is 5.62. The van der Waals surface area contributed by atoms with Crippen molar-refractivity contribution in [3.63, 3.8) is 0 Å². The maximum atomic E-state index is 14.0. The molecule has 0 atom stereocenters. The number of carbonyl (C=O) groups excluding carboxylic acids is 1.